The minimum atomic E-state index is -3.80. The molecule has 0 spiro atoms. The molecule has 3 rings (SSSR count). The van der Waals surface area contributed by atoms with Gasteiger partial charge in [0, 0.05) is 55.2 Å². The number of hydrogen-bond acceptors (Lipinski definition) is 7. The van der Waals surface area contributed by atoms with Crippen LogP contribution in [0.5, 0.6) is 0 Å². The fourth-order valence-electron chi connectivity index (χ4n) is 3.12. The first-order valence-electron chi connectivity index (χ1n) is 8.94. The Morgan fingerprint density at radius 3 is 2.19 bits per heavy atom. The monoisotopic (exact) mass is 487 g/mol. The van der Waals surface area contributed by atoms with Gasteiger partial charge in [-0.3, -0.25) is 14.9 Å². The molecule has 166 valence electrons. The number of benzene rings is 2. The number of nitro groups is 1. The Morgan fingerprint density at radius 1 is 1.00 bits per heavy atom. The van der Waals surface area contributed by atoms with Crippen molar-refractivity contribution in [3.63, 3.8) is 0 Å². The third-order valence-electron chi connectivity index (χ3n) is 4.74. The molecule has 1 amide bonds. The van der Waals surface area contributed by atoms with Crippen LogP contribution < -0.4 is 0 Å². The summed E-state index contributed by atoms with van der Waals surface area (Å²) in [6, 6.07) is 8.82. The second-order valence-electron chi connectivity index (χ2n) is 6.90. The second kappa shape index (κ2) is 8.54. The maximum atomic E-state index is 12.8. The van der Waals surface area contributed by atoms with Gasteiger partial charge in [-0.05, 0) is 24.3 Å². The van der Waals surface area contributed by atoms with E-state index >= 15 is 0 Å². The average molecular weight is 488 g/mol. The molecule has 0 radical (unpaired) electrons. The number of hydrogen-bond donors (Lipinski definition) is 0. The molecule has 0 aromatic heterocycles. The summed E-state index contributed by atoms with van der Waals surface area (Å²) in [5, 5.41) is 11.4. The van der Waals surface area contributed by atoms with Crippen molar-refractivity contribution in [2.75, 3.05) is 32.4 Å². The highest BCUT2D eigenvalue weighted by atomic mass is 35.5. The summed E-state index contributed by atoms with van der Waals surface area (Å²) >= 11 is 5.88. The molecule has 0 atom stereocenters. The minimum Gasteiger partial charge on any atom is -0.336 e. The number of sulfone groups is 1. The zero-order valence-electron chi connectivity index (χ0n) is 16.3. The number of non-ortho nitro benzene ring substituents is 1. The Labute approximate surface area is 184 Å². The first-order valence-corrected chi connectivity index (χ1v) is 12.6. The van der Waals surface area contributed by atoms with E-state index in [0.717, 1.165) is 24.5 Å². The summed E-state index contributed by atoms with van der Waals surface area (Å²) in [5.41, 5.74) is -0.672. The number of nitro benzene ring substituents is 1. The van der Waals surface area contributed by atoms with Crippen molar-refractivity contribution in [1.82, 2.24) is 9.21 Å². The number of carbonyl (C=O) groups excluding carboxylic acids is 1. The van der Waals surface area contributed by atoms with Gasteiger partial charge in [0.25, 0.3) is 11.6 Å². The molecule has 0 saturated carbocycles. The van der Waals surface area contributed by atoms with E-state index in [4.69, 9.17) is 11.6 Å². The van der Waals surface area contributed by atoms with Crippen LogP contribution >= 0.6 is 11.6 Å². The number of nitrogens with zero attached hydrogens (tertiary/aromatic N) is 3. The third kappa shape index (κ3) is 5.03. The molecule has 0 aliphatic carbocycles. The zero-order chi connectivity index (χ0) is 23.0. The van der Waals surface area contributed by atoms with Crippen molar-refractivity contribution in [3.8, 4) is 0 Å². The highest BCUT2D eigenvalue weighted by molar-refractivity contribution is 7.90. The molecule has 0 unspecified atom stereocenters. The Balaban J connectivity index is 1.81. The minimum absolute atomic E-state index is 0.00838. The number of carbonyl (C=O) groups is 1. The average Bonchev–Trinajstić information content (AvgIpc) is 2.72. The van der Waals surface area contributed by atoms with Crippen molar-refractivity contribution in [1.29, 1.82) is 0 Å². The van der Waals surface area contributed by atoms with Gasteiger partial charge in [-0.1, -0.05) is 17.7 Å². The van der Waals surface area contributed by atoms with Crippen LogP contribution in [-0.4, -0.2) is 69.3 Å². The SMILES string of the molecule is CS(=O)(=O)c1cc(C(=O)N2CCN(S(=O)(=O)c3cccc(Cl)c3)CC2)cc([N+](=O)[O-])c1. The summed E-state index contributed by atoms with van der Waals surface area (Å²) in [6.07, 6.45) is 0.889. The summed E-state index contributed by atoms with van der Waals surface area (Å²) in [5.74, 6) is -0.617. The third-order valence-corrected chi connectivity index (χ3v) is 7.96. The summed E-state index contributed by atoms with van der Waals surface area (Å²) in [6.45, 7) is 0.0912. The van der Waals surface area contributed by atoms with E-state index in [0.29, 0.717) is 0 Å². The topological polar surface area (TPSA) is 135 Å². The molecule has 2 aromatic carbocycles. The van der Waals surface area contributed by atoms with Gasteiger partial charge in [0.2, 0.25) is 10.0 Å². The van der Waals surface area contributed by atoms with E-state index in [1.54, 1.807) is 6.07 Å². The summed E-state index contributed by atoms with van der Waals surface area (Å²) < 4.78 is 50.5. The lowest BCUT2D eigenvalue weighted by atomic mass is 10.1. The number of piperazine rings is 1. The molecule has 1 saturated heterocycles. The first-order chi connectivity index (χ1) is 14.4. The van der Waals surface area contributed by atoms with E-state index in [9.17, 15) is 31.7 Å². The van der Waals surface area contributed by atoms with Gasteiger partial charge in [0.1, 0.15) is 0 Å². The normalized spacial score (nSPS) is 15.6. The van der Waals surface area contributed by atoms with Crippen molar-refractivity contribution in [3.05, 3.63) is 63.2 Å². The van der Waals surface area contributed by atoms with Gasteiger partial charge in [0.15, 0.2) is 9.84 Å². The van der Waals surface area contributed by atoms with Gasteiger partial charge in [0.05, 0.1) is 14.7 Å². The Hall–Kier alpha value is -2.54. The maximum absolute atomic E-state index is 12.8. The van der Waals surface area contributed by atoms with Gasteiger partial charge in [-0.15, -0.1) is 0 Å². The molecule has 2 aromatic rings. The highest BCUT2D eigenvalue weighted by Gasteiger charge is 2.31. The Bertz CT molecular complexity index is 1250. The van der Waals surface area contributed by atoms with E-state index in [1.165, 1.54) is 27.4 Å². The molecular weight excluding hydrogens is 470 g/mol. The molecule has 13 heteroatoms. The molecule has 31 heavy (non-hydrogen) atoms. The van der Waals surface area contributed by atoms with Gasteiger partial charge in [-0.25, -0.2) is 16.8 Å². The van der Waals surface area contributed by atoms with Crippen molar-refractivity contribution >= 4 is 43.1 Å². The molecule has 1 heterocycles. The van der Waals surface area contributed by atoms with E-state index in [2.05, 4.69) is 0 Å². The number of halogens is 1. The number of sulfonamides is 1. The van der Waals surface area contributed by atoms with Crippen LogP contribution in [0.1, 0.15) is 10.4 Å². The van der Waals surface area contributed by atoms with Crippen LogP contribution in [0.25, 0.3) is 0 Å². The summed E-state index contributed by atoms with van der Waals surface area (Å²) in [7, 11) is -7.58. The first kappa shape index (κ1) is 23.1. The van der Waals surface area contributed by atoms with Crippen LogP contribution in [0.15, 0.2) is 52.3 Å². The zero-order valence-corrected chi connectivity index (χ0v) is 18.7. The molecule has 10 nitrogen and oxygen atoms in total. The van der Waals surface area contributed by atoms with E-state index < -0.39 is 36.4 Å². The van der Waals surface area contributed by atoms with Crippen LogP contribution in [0, 0.1) is 10.1 Å². The largest absolute Gasteiger partial charge is 0.336 e. The molecule has 1 aliphatic heterocycles. The van der Waals surface area contributed by atoms with E-state index in [1.807, 2.05) is 0 Å². The fraction of sp³-hybridized carbons (Fsp3) is 0.278. The lowest BCUT2D eigenvalue weighted by Gasteiger charge is -2.34. The van der Waals surface area contributed by atoms with Gasteiger partial charge < -0.3 is 4.90 Å². The predicted octanol–water partition coefficient (Wildman–Crippen LogP) is 1.80. The van der Waals surface area contributed by atoms with Crippen LogP contribution in [0.4, 0.5) is 5.69 Å². The Morgan fingerprint density at radius 2 is 1.65 bits per heavy atom. The van der Waals surface area contributed by atoms with Crippen molar-refractivity contribution in [2.45, 2.75) is 9.79 Å². The predicted molar refractivity (Wildman–Crippen MR) is 112 cm³/mol. The smallest absolute Gasteiger partial charge is 0.271 e. The van der Waals surface area contributed by atoms with Gasteiger partial charge >= 0.3 is 0 Å². The molecule has 1 aliphatic rings. The fourth-order valence-corrected chi connectivity index (χ4v) is 5.52. The maximum Gasteiger partial charge on any atom is 0.271 e. The van der Waals surface area contributed by atoms with Crippen molar-refractivity contribution < 1.29 is 26.6 Å². The van der Waals surface area contributed by atoms with Crippen molar-refractivity contribution in [2.24, 2.45) is 0 Å². The number of amides is 1. The Kier molecular flexibility index (Phi) is 6.37. The lowest BCUT2D eigenvalue weighted by molar-refractivity contribution is -0.385. The second-order valence-corrected chi connectivity index (χ2v) is 11.3. The molecule has 0 N–H and O–H groups in total. The van der Waals surface area contributed by atoms with E-state index in [-0.39, 0.29) is 46.6 Å². The van der Waals surface area contributed by atoms with Crippen LogP contribution in [0.2, 0.25) is 5.02 Å². The summed E-state index contributed by atoms with van der Waals surface area (Å²) in [4.78, 5) is 24.2. The standard InChI is InChI=1S/C18H18ClN3O7S2/c1-30(26,27)17-10-13(9-15(12-17)22(24)25)18(23)20-5-7-21(8-6-20)31(28,29)16-4-2-3-14(19)11-16/h2-4,9-12H,5-8H2,1H3. The molecule has 1 fully saturated rings. The molecular formula is C18H18ClN3O7S2. The molecule has 0 bridgehead atoms. The van der Waals surface area contributed by atoms with Gasteiger partial charge in [-0.2, -0.15) is 4.31 Å². The lowest BCUT2D eigenvalue weighted by Crippen LogP contribution is -2.50. The van der Waals surface area contributed by atoms with Crippen LogP contribution in [-0.2, 0) is 19.9 Å². The quantitative estimate of drug-likeness (QED) is 0.463. The highest BCUT2D eigenvalue weighted by Crippen LogP contribution is 2.24. The van der Waals surface area contributed by atoms with Crippen LogP contribution in [0.3, 0.4) is 0 Å². The number of rotatable bonds is 5.